The number of ether oxygens (including phenoxy) is 2. The Labute approximate surface area is 124 Å². The first-order chi connectivity index (χ1) is 9.42. The molecule has 0 aliphatic heterocycles. The molecule has 0 aliphatic rings. The van der Waals surface area contributed by atoms with Crippen molar-refractivity contribution in [2.45, 2.75) is 25.9 Å². The molecule has 1 amide bonds. The second-order valence-electron chi connectivity index (χ2n) is 4.49. The third-order valence-corrected chi connectivity index (χ3v) is 3.23. The average Bonchev–Trinajstić information content (AvgIpc) is 2.45. The summed E-state index contributed by atoms with van der Waals surface area (Å²) in [6, 6.07) is 7.10. The van der Waals surface area contributed by atoms with Crippen LogP contribution in [0.5, 0.6) is 5.75 Å². The van der Waals surface area contributed by atoms with Crippen molar-refractivity contribution in [2.75, 3.05) is 19.0 Å². The molecule has 1 aromatic rings. The molecule has 6 heteroatoms. The molecule has 0 aromatic heterocycles. The van der Waals surface area contributed by atoms with E-state index in [1.807, 2.05) is 6.92 Å². The van der Waals surface area contributed by atoms with Crippen LogP contribution in [0.2, 0.25) is 0 Å². The molecule has 3 N–H and O–H groups in total. The molecule has 0 spiro atoms. The first kappa shape index (κ1) is 16.4. The van der Waals surface area contributed by atoms with Crippen LogP contribution >= 0.6 is 12.2 Å². The van der Waals surface area contributed by atoms with Crippen molar-refractivity contribution in [1.82, 2.24) is 0 Å². The molecule has 1 aromatic carbocycles. The lowest BCUT2D eigenvalue weighted by Crippen LogP contribution is -2.41. The van der Waals surface area contributed by atoms with Gasteiger partial charge in [0.1, 0.15) is 22.9 Å². The molecule has 1 atom stereocenters. The van der Waals surface area contributed by atoms with E-state index in [-0.39, 0.29) is 17.5 Å². The number of carbonyl (C=O) groups excluding carboxylic acids is 1. The van der Waals surface area contributed by atoms with Crippen LogP contribution in [-0.4, -0.2) is 30.2 Å². The number of methoxy groups -OCH3 is 1. The largest absolute Gasteiger partial charge is 0.484 e. The Hall–Kier alpha value is -1.66. The number of amides is 1. The Bertz CT molecular complexity index is 487. The highest BCUT2D eigenvalue weighted by Gasteiger charge is 2.31. The Balaban J connectivity index is 2.87. The van der Waals surface area contributed by atoms with Gasteiger partial charge < -0.3 is 20.5 Å². The Morgan fingerprint density at radius 3 is 2.65 bits per heavy atom. The summed E-state index contributed by atoms with van der Waals surface area (Å²) in [7, 11) is 1.51. The van der Waals surface area contributed by atoms with E-state index >= 15 is 0 Å². The number of hydrogen-bond donors (Lipinski definition) is 2. The van der Waals surface area contributed by atoms with Gasteiger partial charge in [0.15, 0.2) is 0 Å². The highest BCUT2D eigenvalue weighted by molar-refractivity contribution is 7.80. The molecule has 1 unspecified atom stereocenters. The van der Waals surface area contributed by atoms with Crippen LogP contribution in [0.1, 0.15) is 20.3 Å². The molecular formula is C14H20N2O3S. The summed E-state index contributed by atoms with van der Waals surface area (Å²) < 4.78 is 10.7. The molecule has 0 aliphatic carbocycles. The summed E-state index contributed by atoms with van der Waals surface area (Å²) in [4.78, 5) is 12.5. The molecule has 1 rings (SSSR count). The zero-order chi connectivity index (χ0) is 15.2. The fourth-order valence-electron chi connectivity index (χ4n) is 1.50. The fourth-order valence-corrected chi connectivity index (χ4v) is 1.56. The second-order valence-corrected chi connectivity index (χ2v) is 5.02. The van der Waals surface area contributed by atoms with Crippen molar-refractivity contribution in [3.05, 3.63) is 24.3 Å². The maximum Gasteiger partial charge on any atom is 0.256 e. The van der Waals surface area contributed by atoms with E-state index < -0.39 is 5.60 Å². The van der Waals surface area contributed by atoms with Crippen molar-refractivity contribution in [1.29, 1.82) is 0 Å². The van der Waals surface area contributed by atoms with Crippen molar-refractivity contribution in [3.8, 4) is 5.75 Å². The Morgan fingerprint density at radius 1 is 1.45 bits per heavy atom. The average molecular weight is 296 g/mol. The van der Waals surface area contributed by atoms with Crippen molar-refractivity contribution >= 4 is 28.8 Å². The van der Waals surface area contributed by atoms with Gasteiger partial charge >= 0.3 is 0 Å². The molecule has 0 radical (unpaired) electrons. The number of nitrogens with one attached hydrogen (secondary N) is 1. The standard InChI is InChI=1S/C14H20N2O3S/c1-4-14(2,18-3)13(17)16-10-7-5-6-8-11(10)19-9-12(15)20/h5-8H,4,9H2,1-3H3,(H2,15,20)(H,16,17). The van der Waals surface area contributed by atoms with E-state index in [1.165, 1.54) is 7.11 Å². The predicted molar refractivity (Wildman–Crippen MR) is 83.1 cm³/mol. The number of para-hydroxylation sites is 2. The van der Waals surface area contributed by atoms with Crippen LogP contribution in [0, 0.1) is 0 Å². The number of nitrogens with two attached hydrogens (primary N) is 1. The fraction of sp³-hybridized carbons (Fsp3) is 0.429. The van der Waals surface area contributed by atoms with Gasteiger partial charge in [0.25, 0.3) is 5.91 Å². The number of thiocarbonyl (C=S) groups is 1. The van der Waals surface area contributed by atoms with Gasteiger partial charge in [-0.3, -0.25) is 4.79 Å². The summed E-state index contributed by atoms with van der Waals surface area (Å²) >= 11 is 4.77. The van der Waals surface area contributed by atoms with Crippen LogP contribution in [0.25, 0.3) is 0 Å². The molecule has 110 valence electrons. The van der Waals surface area contributed by atoms with E-state index in [2.05, 4.69) is 5.32 Å². The molecule has 5 nitrogen and oxygen atoms in total. The summed E-state index contributed by atoms with van der Waals surface area (Å²) in [5.41, 5.74) is 5.08. The molecule has 0 saturated heterocycles. The summed E-state index contributed by atoms with van der Waals surface area (Å²) in [5, 5.41) is 2.80. The van der Waals surface area contributed by atoms with Gasteiger partial charge in [-0.25, -0.2) is 0 Å². The van der Waals surface area contributed by atoms with E-state index in [1.54, 1.807) is 31.2 Å². The maximum absolute atomic E-state index is 12.2. The van der Waals surface area contributed by atoms with Gasteiger partial charge in [-0.15, -0.1) is 0 Å². The monoisotopic (exact) mass is 296 g/mol. The SMILES string of the molecule is CCC(C)(OC)C(=O)Nc1ccccc1OCC(N)=S. The minimum atomic E-state index is -0.879. The minimum Gasteiger partial charge on any atom is -0.484 e. The number of hydrogen-bond acceptors (Lipinski definition) is 4. The Kier molecular flexibility index (Phi) is 5.91. The van der Waals surface area contributed by atoms with Gasteiger partial charge in [0.05, 0.1) is 5.69 Å². The number of benzene rings is 1. The molecular weight excluding hydrogens is 276 g/mol. The van der Waals surface area contributed by atoms with E-state index in [4.69, 9.17) is 27.4 Å². The topological polar surface area (TPSA) is 73.6 Å². The lowest BCUT2D eigenvalue weighted by molar-refractivity contribution is -0.136. The first-order valence-corrected chi connectivity index (χ1v) is 6.70. The minimum absolute atomic E-state index is 0.123. The van der Waals surface area contributed by atoms with Crippen LogP contribution in [-0.2, 0) is 9.53 Å². The van der Waals surface area contributed by atoms with Gasteiger partial charge in [-0.2, -0.15) is 0 Å². The molecule has 20 heavy (non-hydrogen) atoms. The highest BCUT2D eigenvalue weighted by atomic mass is 32.1. The highest BCUT2D eigenvalue weighted by Crippen LogP contribution is 2.26. The van der Waals surface area contributed by atoms with Crippen LogP contribution in [0.3, 0.4) is 0 Å². The van der Waals surface area contributed by atoms with Gasteiger partial charge in [-0.1, -0.05) is 31.3 Å². The lowest BCUT2D eigenvalue weighted by Gasteiger charge is -2.25. The third kappa shape index (κ3) is 4.18. The number of carbonyl (C=O) groups is 1. The maximum atomic E-state index is 12.2. The molecule has 0 heterocycles. The first-order valence-electron chi connectivity index (χ1n) is 6.29. The van der Waals surface area contributed by atoms with Crippen LogP contribution < -0.4 is 15.8 Å². The lowest BCUT2D eigenvalue weighted by atomic mass is 10.0. The van der Waals surface area contributed by atoms with E-state index in [0.29, 0.717) is 17.9 Å². The van der Waals surface area contributed by atoms with Crippen LogP contribution in [0.4, 0.5) is 5.69 Å². The van der Waals surface area contributed by atoms with Crippen LogP contribution in [0.15, 0.2) is 24.3 Å². The van der Waals surface area contributed by atoms with Crippen molar-refractivity contribution in [3.63, 3.8) is 0 Å². The summed E-state index contributed by atoms with van der Waals surface area (Å²) in [6.45, 7) is 3.75. The smallest absolute Gasteiger partial charge is 0.256 e. The van der Waals surface area contributed by atoms with Gasteiger partial charge in [0, 0.05) is 7.11 Å². The van der Waals surface area contributed by atoms with E-state index in [9.17, 15) is 4.79 Å². The summed E-state index contributed by atoms with van der Waals surface area (Å²) in [5.74, 6) is 0.289. The summed E-state index contributed by atoms with van der Waals surface area (Å²) in [6.07, 6.45) is 0.561. The van der Waals surface area contributed by atoms with Gasteiger partial charge in [-0.05, 0) is 25.5 Å². The molecule has 0 fully saturated rings. The Morgan fingerprint density at radius 2 is 2.10 bits per heavy atom. The third-order valence-electron chi connectivity index (χ3n) is 3.11. The second kappa shape index (κ2) is 7.21. The van der Waals surface area contributed by atoms with Crippen molar-refractivity contribution in [2.24, 2.45) is 5.73 Å². The number of anilines is 1. The molecule has 0 bridgehead atoms. The normalized spacial score (nSPS) is 13.3. The van der Waals surface area contributed by atoms with E-state index in [0.717, 1.165) is 0 Å². The van der Waals surface area contributed by atoms with Crippen molar-refractivity contribution < 1.29 is 14.3 Å². The zero-order valence-electron chi connectivity index (χ0n) is 11.9. The predicted octanol–water partition coefficient (Wildman–Crippen LogP) is 2.11. The molecule has 0 saturated carbocycles. The van der Waals surface area contributed by atoms with Gasteiger partial charge in [0.2, 0.25) is 0 Å². The number of rotatable bonds is 7. The quantitative estimate of drug-likeness (QED) is 0.754. The zero-order valence-corrected chi connectivity index (χ0v) is 12.8.